The number of nitrogens with zero attached hydrogens (tertiary/aromatic N) is 2. The Balaban J connectivity index is 1.62. The van der Waals surface area contributed by atoms with Crippen LogP contribution in [-0.2, 0) is 24.1 Å². The van der Waals surface area contributed by atoms with Gasteiger partial charge in [0, 0.05) is 17.0 Å². The number of aliphatic carboxylic acids is 1. The molecule has 5 nitrogen and oxygen atoms in total. The van der Waals surface area contributed by atoms with E-state index in [1.165, 1.54) is 37.3 Å². The molecule has 0 bridgehead atoms. The molecule has 4 aromatic rings. The molecule has 0 aliphatic rings. The van der Waals surface area contributed by atoms with E-state index in [4.69, 9.17) is 4.74 Å². The Morgan fingerprint density at radius 2 is 1.76 bits per heavy atom. The number of carboxylic acids is 1. The number of alkyl halides is 3. The summed E-state index contributed by atoms with van der Waals surface area (Å²) in [5.41, 5.74) is 1.20. The number of benzene rings is 2. The fourth-order valence-electron chi connectivity index (χ4n) is 3.86. The predicted octanol–water partition coefficient (Wildman–Crippen LogP) is 7.96. The lowest BCUT2D eigenvalue weighted by molar-refractivity contribution is -0.152. The van der Waals surface area contributed by atoms with E-state index >= 15 is 0 Å². The van der Waals surface area contributed by atoms with Crippen molar-refractivity contribution >= 4 is 33.6 Å². The van der Waals surface area contributed by atoms with E-state index in [1.54, 1.807) is 17.4 Å². The minimum Gasteiger partial charge on any atom is -0.478 e. The van der Waals surface area contributed by atoms with Gasteiger partial charge in [-0.2, -0.15) is 13.2 Å². The smallest absolute Gasteiger partial charge is 0.416 e. The first kappa shape index (κ1) is 27.7. The third-order valence-electron chi connectivity index (χ3n) is 5.94. The molecule has 0 spiro atoms. The molecule has 0 atom stereocenters. The molecule has 200 valence electrons. The summed E-state index contributed by atoms with van der Waals surface area (Å²) in [6.45, 7) is 7.98. The lowest BCUT2D eigenvalue weighted by Crippen LogP contribution is -2.38. The van der Waals surface area contributed by atoms with Crippen LogP contribution < -0.4 is 9.64 Å². The SMILES string of the molecule is Cc1cc(CN(Cc2cccs2)c2sc(-c3ccc(C(F)(F)F)cc3)nc2C)ccc1OC(C)(C)C(=O)O. The lowest BCUT2D eigenvalue weighted by Gasteiger charge is -2.25. The molecule has 0 aliphatic carbocycles. The van der Waals surface area contributed by atoms with Crippen LogP contribution in [0.1, 0.15) is 41.1 Å². The van der Waals surface area contributed by atoms with E-state index < -0.39 is 23.3 Å². The van der Waals surface area contributed by atoms with Gasteiger partial charge in [0.1, 0.15) is 15.8 Å². The number of rotatable bonds is 9. The van der Waals surface area contributed by atoms with Crippen molar-refractivity contribution in [2.24, 2.45) is 0 Å². The number of aromatic nitrogens is 1. The van der Waals surface area contributed by atoms with E-state index in [2.05, 4.69) is 16.0 Å². The number of halogens is 3. The maximum Gasteiger partial charge on any atom is 0.416 e. The highest BCUT2D eigenvalue weighted by Crippen LogP contribution is 2.38. The molecule has 2 heterocycles. The van der Waals surface area contributed by atoms with Crippen molar-refractivity contribution in [3.63, 3.8) is 0 Å². The Labute approximate surface area is 227 Å². The number of thiazole rings is 1. The Hall–Kier alpha value is -3.37. The van der Waals surface area contributed by atoms with Gasteiger partial charge in [-0.05, 0) is 68.5 Å². The normalized spacial score (nSPS) is 12.0. The zero-order valence-electron chi connectivity index (χ0n) is 21.3. The van der Waals surface area contributed by atoms with Crippen molar-refractivity contribution in [2.75, 3.05) is 4.90 Å². The molecule has 0 radical (unpaired) electrons. The van der Waals surface area contributed by atoms with Gasteiger partial charge in [-0.3, -0.25) is 0 Å². The molecular formula is C28H27F3N2O3S2. The molecule has 2 aromatic carbocycles. The van der Waals surface area contributed by atoms with Crippen LogP contribution in [0.15, 0.2) is 60.0 Å². The van der Waals surface area contributed by atoms with E-state index in [-0.39, 0.29) is 0 Å². The number of hydrogen-bond acceptors (Lipinski definition) is 6. The molecule has 1 N–H and O–H groups in total. The second-order valence-electron chi connectivity index (χ2n) is 9.44. The van der Waals surface area contributed by atoms with Crippen LogP contribution in [0.4, 0.5) is 18.2 Å². The van der Waals surface area contributed by atoms with Crippen molar-refractivity contribution < 1.29 is 27.8 Å². The Bertz CT molecular complexity index is 1410. The van der Waals surface area contributed by atoms with Gasteiger partial charge < -0.3 is 14.7 Å². The summed E-state index contributed by atoms with van der Waals surface area (Å²) >= 11 is 3.09. The van der Waals surface area contributed by atoms with Crippen LogP contribution in [0.3, 0.4) is 0 Å². The topological polar surface area (TPSA) is 62.7 Å². The van der Waals surface area contributed by atoms with Gasteiger partial charge in [0.05, 0.1) is 17.8 Å². The van der Waals surface area contributed by atoms with Crippen molar-refractivity contribution in [3.8, 4) is 16.3 Å². The Kier molecular flexibility index (Phi) is 7.85. The summed E-state index contributed by atoms with van der Waals surface area (Å²) in [5, 5.41) is 13.0. The average Bonchev–Trinajstić information content (AvgIpc) is 3.49. The maximum atomic E-state index is 13.0. The van der Waals surface area contributed by atoms with Gasteiger partial charge in [-0.25, -0.2) is 9.78 Å². The molecule has 0 saturated carbocycles. The number of ether oxygens (including phenoxy) is 1. The minimum atomic E-state index is -4.39. The van der Waals surface area contributed by atoms with Gasteiger partial charge in [0.2, 0.25) is 0 Å². The highest BCUT2D eigenvalue weighted by molar-refractivity contribution is 7.19. The van der Waals surface area contributed by atoms with Gasteiger partial charge in [-0.15, -0.1) is 11.3 Å². The fourth-order valence-corrected chi connectivity index (χ4v) is 5.65. The highest BCUT2D eigenvalue weighted by Gasteiger charge is 2.31. The van der Waals surface area contributed by atoms with Gasteiger partial charge in [0.25, 0.3) is 0 Å². The van der Waals surface area contributed by atoms with Crippen molar-refractivity contribution in [2.45, 2.75) is 52.6 Å². The van der Waals surface area contributed by atoms with E-state index in [0.717, 1.165) is 38.8 Å². The molecule has 0 fully saturated rings. The van der Waals surface area contributed by atoms with E-state index in [1.807, 2.05) is 37.4 Å². The van der Waals surface area contributed by atoms with E-state index in [9.17, 15) is 23.1 Å². The zero-order valence-corrected chi connectivity index (χ0v) is 22.9. The van der Waals surface area contributed by atoms with Crippen molar-refractivity contribution in [1.29, 1.82) is 0 Å². The number of aryl methyl sites for hydroxylation is 2. The molecule has 4 rings (SSSR count). The van der Waals surface area contributed by atoms with Crippen LogP contribution >= 0.6 is 22.7 Å². The first-order valence-corrected chi connectivity index (χ1v) is 13.5. The molecule has 2 aromatic heterocycles. The highest BCUT2D eigenvalue weighted by atomic mass is 32.1. The van der Waals surface area contributed by atoms with Crippen LogP contribution in [0.5, 0.6) is 5.75 Å². The quantitative estimate of drug-likeness (QED) is 0.225. The minimum absolute atomic E-state index is 0.504. The number of carbonyl (C=O) groups is 1. The summed E-state index contributed by atoms with van der Waals surface area (Å²) < 4.78 is 44.7. The monoisotopic (exact) mass is 560 g/mol. The average molecular weight is 561 g/mol. The van der Waals surface area contributed by atoms with Gasteiger partial charge in [0.15, 0.2) is 5.60 Å². The van der Waals surface area contributed by atoms with E-state index in [0.29, 0.717) is 29.4 Å². The van der Waals surface area contributed by atoms with Crippen LogP contribution in [0.25, 0.3) is 10.6 Å². The molecule has 0 aliphatic heterocycles. The second-order valence-corrected chi connectivity index (χ2v) is 11.4. The van der Waals surface area contributed by atoms with Gasteiger partial charge in [-0.1, -0.05) is 41.7 Å². The van der Waals surface area contributed by atoms with Crippen LogP contribution in [0, 0.1) is 13.8 Å². The van der Waals surface area contributed by atoms with Crippen LogP contribution in [-0.4, -0.2) is 21.7 Å². The molecule has 0 unspecified atom stereocenters. The summed E-state index contributed by atoms with van der Waals surface area (Å²) in [4.78, 5) is 19.5. The first-order chi connectivity index (χ1) is 17.8. The summed E-state index contributed by atoms with van der Waals surface area (Å²) in [5.74, 6) is -0.544. The largest absolute Gasteiger partial charge is 0.478 e. The molecule has 38 heavy (non-hydrogen) atoms. The second kappa shape index (κ2) is 10.8. The standard InChI is InChI=1S/C28H27F3N2O3S2/c1-17-14-19(7-12-23(17)36-27(3,4)26(34)35)15-33(16-22-6-5-13-37-22)25-18(2)32-24(38-25)20-8-10-21(11-9-20)28(29,30)31/h5-14H,15-16H2,1-4H3,(H,34,35). The summed E-state index contributed by atoms with van der Waals surface area (Å²) in [6, 6.07) is 14.8. The van der Waals surface area contributed by atoms with Crippen molar-refractivity contribution in [3.05, 3.63) is 87.2 Å². The third-order valence-corrected chi connectivity index (χ3v) is 8.07. The third kappa shape index (κ3) is 6.36. The number of anilines is 1. The number of thiophene rings is 1. The fraction of sp³-hybridized carbons (Fsp3) is 0.286. The Morgan fingerprint density at radius 1 is 1.05 bits per heavy atom. The lowest BCUT2D eigenvalue weighted by atomic mass is 10.1. The molecule has 0 saturated heterocycles. The Morgan fingerprint density at radius 3 is 2.34 bits per heavy atom. The molecular weight excluding hydrogens is 533 g/mol. The summed E-state index contributed by atoms with van der Waals surface area (Å²) in [7, 11) is 0. The van der Waals surface area contributed by atoms with Gasteiger partial charge >= 0.3 is 12.1 Å². The maximum absolute atomic E-state index is 13.0. The predicted molar refractivity (Wildman–Crippen MR) is 145 cm³/mol. The molecule has 10 heteroatoms. The summed E-state index contributed by atoms with van der Waals surface area (Å²) in [6.07, 6.45) is -4.39. The van der Waals surface area contributed by atoms with Crippen LogP contribution in [0.2, 0.25) is 0 Å². The molecule has 0 amide bonds. The van der Waals surface area contributed by atoms with Crippen molar-refractivity contribution in [1.82, 2.24) is 4.98 Å². The number of hydrogen-bond donors (Lipinski definition) is 1. The first-order valence-electron chi connectivity index (χ1n) is 11.8. The number of carboxylic acid groups (broad SMARTS) is 1. The zero-order chi connectivity index (χ0) is 27.7.